The van der Waals surface area contributed by atoms with E-state index in [0.717, 1.165) is 44.7 Å². The van der Waals surface area contributed by atoms with E-state index in [9.17, 15) is 0 Å². The van der Waals surface area contributed by atoms with Crippen molar-refractivity contribution in [1.82, 2.24) is 5.32 Å². The zero-order valence-corrected chi connectivity index (χ0v) is 12.7. The molecule has 1 aliphatic carbocycles. The second-order valence-electron chi connectivity index (χ2n) is 6.75. The molecule has 2 fully saturated rings. The fraction of sp³-hybridized carbons (Fsp3) is 1.00. The third-order valence-corrected chi connectivity index (χ3v) is 4.54. The van der Waals surface area contributed by atoms with Gasteiger partial charge in [-0.25, -0.2) is 0 Å². The highest BCUT2D eigenvalue weighted by Crippen LogP contribution is 2.39. The van der Waals surface area contributed by atoms with Gasteiger partial charge < -0.3 is 14.8 Å². The summed E-state index contributed by atoms with van der Waals surface area (Å²) in [6, 6.07) is 0. The van der Waals surface area contributed by atoms with Crippen LogP contribution in [0.2, 0.25) is 0 Å². The average molecular weight is 269 g/mol. The monoisotopic (exact) mass is 269 g/mol. The highest BCUT2D eigenvalue weighted by Gasteiger charge is 2.38. The van der Waals surface area contributed by atoms with Gasteiger partial charge in [-0.1, -0.05) is 13.8 Å². The predicted octanol–water partition coefficient (Wildman–Crippen LogP) is 2.99. The number of nitrogens with one attached hydrogen (secondary N) is 1. The largest absolute Gasteiger partial charge is 0.381 e. The normalized spacial score (nSPS) is 23.5. The molecule has 0 spiro atoms. The molecular formula is C16H31NO2. The Hall–Kier alpha value is -0.120. The lowest BCUT2D eigenvalue weighted by Crippen LogP contribution is -2.44. The molecule has 0 bridgehead atoms. The molecule has 3 nitrogen and oxygen atoms in total. The topological polar surface area (TPSA) is 30.5 Å². The molecule has 0 radical (unpaired) electrons. The van der Waals surface area contributed by atoms with Crippen molar-refractivity contribution >= 4 is 0 Å². The first-order chi connectivity index (χ1) is 9.20. The molecule has 19 heavy (non-hydrogen) atoms. The zero-order valence-electron chi connectivity index (χ0n) is 12.7. The van der Waals surface area contributed by atoms with Crippen molar-refractivity contribution in [3.8, 4) is 0 Å². The van der Waals surface area contributed by atoms with Crippen molar-refractivity contribution in [1.29, 1.82) is 0 Å². The maximum Gasteiger partial charge on any atom is 0.0694 e. The van der Waals surface area contributed by atoms with Gasteiger partial charge in [0.1, 0.15) is 0 Å². The highest BCUT2D eigenvalue weighted by atomic mass is 16.5. The molecule has 1 saturated heterocycles. The quantitative estimate of drug-likeness (QED) is 0.687. The van der Waals surface area contributed by atoms with E-state index < -0.39 is 0 Å². The molecule has 2 aliphatic rings. The minimum atomic E-state index is 0.211. The Morgan fingerprint density at radius 3 is 2.58 bits per heavy atom. The van der Waals surface area contributed by atoms with E-state index >= 15 is 0 Å². The highest BCUT2D eigenvalue weighted by molar-refractivity contribution is 4.90. The van der Waals surface area contributed by atoms with Crippen LogP contribution in [0.3, 0.4) is 0 Å². The van der Waals surface area contributed by atoms with Gasteiger partial charge in [0, 0.05) is 13.2 Å². The van der Waals surface area contributed by atoms with Crippen molar-refractivity contribution in [2.45, 2.75) is 58.0 Å². The van der Waals surface area contributed by atoms with Gasteiger partial charge in [-0.3, -0.25) is 0 Å². The smallest absolute Gasteiger partial charge is 0.0694 e. The zero-order chi connectivity index (χ0) is 13.6. The SMILES string of the molecule is CC(C)CNCCC1(OCC2CCOCC2)CCC1. The van der Waals surface area contributed by atoms with E-state index in [2.05, 4.69) is 19.2 Å². The van der Waals surface area contributed by atoms with E-state index in [1.165, 1.54) is 38.5 Å². The van der Waals surface area contributed by atoms with Crippen LogP contribution in [0, 0.1) is 11.8 Å². The van der Waals surface area contributed by atoms with Crippen molar-refractivity contribution in [3.05, 3.63) is 0 Å². The van der Waals surface area contributed by atoms with Crippen LogP contribution in [-0.2, 0) is 9.47 Å². The van der Waals surface area contributed by atoms with Crippen LogP contribution in [0.25, 0.3) is 0 Å². The fourth-order valence-corrected chi connectivity index (χ4v) is 2.95. The minimum absolute atomic E-state index is 0.211. The van der Waals surface area contributed by atoms with Gasteiger partial charge in [0.25, 0.3) is 0 Å². The molecule has 0 atom stereocenters. The molecule has 0 unspecified atom stereocenters. The van der Waals surface area contributed by atoms with Crippen molar-refractivity contribution in [2.24, 2.45) is 11.8 Å². The summed E-state index contributed by atoms with van der Waals surface area (Å²) in [5.74, 6) is 1.47. The summed E-state index contributed by atoms with van der Waals surface area (Å²) in [5, 5.41) is 3.55. The Morgan fingerprint density at radius 2 is 2.00 bits per heavy atom. The summed E-state index contributed by atoms with van der Waals surface area (Å²) in [6.07, 6.45) is 7.42. The van der Waals surface area contributed by atoms with Gasteiger partial charge >= 0.3 is 0 Å². The Bertz CT molecular complexity index is 245. The minimum Gasteiger partial charge on any atom is -0.381 e. The lowest BCUT2D eigenvalue weighted by molar-refractivity contribution is -0.123. The molecule has 0 aromatic carbocycles. The first-order valence-electron chi connectivity index (χ1n) is 8.13. The van der Waals surface area contributed by atoms with Crippen LogP contribution in [0.1, 0.15) is 52.4 Å². The molecule has 3 heteroatoms. The van der Waals surface area contributed by atoms with E-state index in [0.29, 0.717) is 0 Å². The van der Waals surface area contributed by atoms with Crippen LogP contribution in [0.4, 0.5) is 0 Å². The Balaban J connectivity index is 1.63. The third kappa shape index (κ3) is 5.05. The van der Waals surface area contributed by atoms with Crippen molar-refractivity contribution < 1.29 is 9.47 Å². The third-order valence-electron chi connectivity index (χ3n) is 4.54. The Morgan fingerprint density at radius 1 is 1.26 bits per heavy atom. The number of rotatable bonds is 8. The Kier molecular flexibility index (Phi) is 6.11. The van der Waals surface area contributed by atoms with Crippen LogP contribution >= 0.6 is 0 Å². The molecule has 1 saturated carbocycles. The predicted molar refractivity (Wildman–Crippen MR) is 78.4 cm³/mol. The van der Waals surface area contributed by atoms with Crippen molar-refractivity contribution in [3.63, 3.8) is 0 Å². The van der Waals surface area contributed by atoms with Crippen LogP contribution in [0.15, 0.2) is 0 Å². The lowest BCUT2D eigenvalue weighted by Gasteiger charge is -2.43. The maximum absolute atomic E-state index is 6.32. The molecule has 1 heterocycles. The van der Waals surface area contributed by atoms with Gasteiger partial charge in [-0.05, 0) is 63.5 Å². The molecule has 0 amide bonds. The van der Waals surface area contributed by atoms with Gasteiger partial charge in [0.05, 0.1) is 12.2 Å². The summed E-state index contributed by atoms with van der Waals surface area (Å²) in [5.41, 5.74) is 0.211. The molecular weight excluding hydrogens is 238 g/mol. The van der Waals surface area contributed by atoms with Gasteiger partial charge in [0.2, 0.25) is 0 Å². The maximum atomic E-state index is 6.32. The average Bonchev–Trinajstić information content (AvgIpc) is 2.37. The van der Waals surface area contributed by atoms with E-state index in [4.69, 9.17) is 9.47 Å². The molecule has 112 valence electrons. The summed E-state index contributed by atoms with van der Waals surface area (Å²) in [4.78, 5) is 0. The summed E-state index contributed by atoms with van der Waals surface area (Å²) in [7, 11) is 0. The van der Waals surface area contributed by atoms with Crippen molar-refractivity contribution in [2.75, 3.05) is 32.9 Å². The van der Waals surface area contributed by atoms with Crippen LogP contribution < -0.4 is 5.32 Å². The standard InChI is InChI=1S/C16H31NO2/c1-14(2)12-17-9-8-16(6-3-7-16)19-13-15-4-10-18-11-5-15/h14-15,17H,3-13H2,1-2H3. The molecule has 0 aromatic heterocycles. The fourth-order valence-electron chi connectivity index (χ4n) is 2.95. The van der Waals surface area contributed by atoms with E-state index in [-0.39, 0.29) is 5.60 Å². The second kappa shape index (κ2) is 7.61. The van der Waals surface area contributed by atoms with Gasteiger partial charge in [-0.2, -0.15) is 0 Å². The van der Waals surface area contributed by atoms with Gasteiger partial charge in [-0.15, -0.1) is 0 Å². The first kappa shape index (κ1) is 15.3. The molecule has 0 aromatic rings. The number of ether oxygens (including phenoxy) is 2. The Labute approximate surface area is 118 Å². The molecule has 1 aliphatic heterocycles. The summed E-state index contributed by atoms with van der Waals surface area (Å²) < 4.78 is 11.7. The summed E-state index contributed by atoms with van der Waals surface area (Å²) >= 11 is 0. The molecule has 1 N–H and O–H groups in total. The van der Waals surface area contributed by atoms with E-state index in [1.807, 2.05) is 0 Å². The van der Waals surface area contributed by atoms with Crippen LogP contribution in [0.5, 0.6) is 0 Å². The number of hydrogen-bond donors (Lipinski definition) is 1. The first-order valence-corrected chi connectivity index (χ1v) is 8.13. The summed E-state index contributed by atoms with van der Waals surface area (Å²) in [6.45, 7) is 9.55. The lowest BCUT2D eigenvalue weighted by atomic mass is 9.77. The van der Waals surface area contributed by atoms with E-state index in [1.54, 1.807) is 0 Å². The number of hydrogen-bond acceptors (Lipinski definition) is 3. The molecule has 2 rings (SSSR count). The van der Waals surface area contributed by atoms with Crippen LogP contribution in [-0.4, -0.2) is 38.5 Å². The van der Waals surface area contributed by atoms with Gasteiger partial charge in [0.15, 0.2) is 0 Å². The second-order valence-corrected chi connectivity index (χ2v) is 6.75.